The molecule has 1 aromatic carbocycles. The Balaban J connectivity index is 2.49. The SMILES string of the molecule is CC(N)c1cc(F)c2c(c1)OCO2. The number of hydrogen-bond donors (Lipinski definition) is 1. The fourth-order valence-corrected chi connectivity index (χ4v) is 1.25. The van der Waals surface area contributed by atoms with Gasteiger partial charge in [0.1, 0.15) is 0 Å². The van der Waals surface area contributed by atoms with Crippen LogP contribution in [0.5, 0.6) is 11.5 Å². The number of nitrogens with two attached hydrogens (primary N) is 1. The van der Waals surface area contributed by atoms with E-state index in [1.54, 1.807) is 13.0 Å². The third-order valence-corrected chi connectivity index (χ3v) is 1.98. The van der Waals surface area contributed by atoms with Crippen molar-refractivity contribution in [2.75, 3.05) is 6.79 Å². The monoisotopic (exact) mass is 183 g/mol. The Morgan fingerprint density at radius 3 is 2.92 bits per heavy atom. The van der Waals surface area contributed by atoms with Gasteiger partial charge in [0.2, 0.25) is 12.5 Å². The second kappa shape index (κ2) is 2.88. The number of fused-ring (bicyclic) bond motifs is 1. The Morgan fingerprint density at radius 1 is 1.46 bits per heavy atom. The molecular formula is C9H10FNO2. The zero-order valence-electron chi connectivity index (χ0n) is 7.21. The van der Waals surface area contributed by atoms with Crippen LogP contribution in [-0.2, 0) is 0 Å². The molecule has 2 rings (SSSR count). The van der Waals surface area contributed by atoms with Crippen LogP contribution in [0.3, 0.4) is 0 Å². The van der Waals surface area contributed by atoms with E-state index in [0.29, 0.717) is 11.3 Å². The van der Waals surface area contributed by atoms with Gasteiger partial charge < -0.3 is 15.2 Å². The van der Waals surface area contributed by atoms with Gasteiger partial charge in [0.15, 0.2) is 11.6 Å². The first-order chi connectivity index (χ1) is 6.18. The topological polar surface area (TPSA) is 44.5 Å². The second-order valence-electron chi connectivity index (χ2n) is 3.03. The van der Waals surface area contributed by atoms with Gasteiger partial charge in [-0.05, 0) is 24.6 Å². The van der Waals surface area contributed by atoms with E-state index in [2.05, 4.69) is 0 Å². The molecule has 1 atom stereocenters. The molecule has 0 saturated carbocycles. The van der Waals surface area contributed by atoms with Crippen LogP contribution >= 0.6 is 0 Å². The quantitative estimate of drug-likeness (QED) is 0.718. The zero-order chi connectivity index (χ0) is 9.42. The molecule has 0 spiro atoms. The highest BCUT2D eigenvalue weighted by Crippen LogP contribution is 2.36. The summed E-state index contributed by atoms with van der Waals surface area (Å²) in [5, 5.41) is 0. The lowest BCUT2D eigenvalue weighted by atomic mass is 10.1. The Bertz CT molecular complexity index is 339. The Hall–Kier alpha value is -1.29. The van der Waals surface area contributed by atoms with Gasteiger partial charge >= 0.3 is 0 Å². The molecule has 0 aliphatic carbocycles. The smallest absolute Gasteiger partial charge is 0.231 e. The Morgan fingerprint density at radius 2 is 2.23 bits per heavy atom. The maximum absolute atomic E-state index is 13.3. The van der Waals surface area contributed by atoms with Gasteiger partial charge in [-0.1, -0.05) is 0 Å². The predicted molar refractivity (Wildman–Crippen MR) is 45.1 cm³/mol. The first kappa shape index (κ1) is 8.31. The summed E-state index contributed by atoms with van der Waals surface area (Å²) in [6.45, 7) is 1.87. The van der Waals surface area contributed by atoms with Crippen molar-refractivity contribution < 1.29 is 13.9 Å². The third-order valence-electron chi connectivity index (χ3n) is 1.98. The van der Waals surface area contributed by atoms with Crippen molar-refractivity contribution in [3.63, 3.8) is 0 Å². The summed E-state index contributed by atoms with van der Waals surface area (Å²) in [5.41, 5.74) is 6.32. The minimum absolute atomic E-state index is 0.0780. The summed E-state index contributed by atoms with van der Waals surface area (Å²) in [6, 6.07) is 2.87. The van der Waals surface area contributed by atoms with Crippen LogP contribution in [-0.4, -0.2) is 6.79 Å². The van der Waals surface area contributed by atoms with Gasteiger partial charge in [-0.15, -0.1) is 0 Å². The van der Waals surface area contributed by atoms with Crippen LogP contribution in [0.15, 0.2) is 12.1 Å². The summed E-state index contributed by atoms with van der Waals surface area (Å²) in [4.78, 5) is 0. The first-order valence-corrected chi connectivity index (χ1v) is 4.03. The van der Waals surface area contributed by atoms with E-state index < -0.39 is 5.82 Å². The summed E-state index contributed by atoms with van der Waals surface area (Å²) >= 11 is 0. The van der Waals surface area contributed by atoms with Gasteiger partial charge in [-0.3, -0.25) is 0 Å². The predicted octanol–water partition coefficient (Wildman–Crippen LogP) is 1.57. The summed E-state index contributed by atoms with van der Waals surface area (Å²) in [7, 11) is 0. The highest BCUT2D eigenvalue weighted by molar-refractivity contribution is 5.46. The number of benzene rings is 1. The molecule has 1 aliphatic heterocycles. The second-order valence-corrected chi connectivity index (χ2v) is 3.03. The van der Waals surface area contributed by atoms with Gasteiger partial charge in [0, 0.05) is 6.04 Å². The molecule has 0 fully saturated rings. The van der Waals surface area contributed by atoms with E-state index in [1.165, 1.54) is 6.07 Å². The molecule has 1 aliphatic rings. The van der Waals surface area contributed by atoms with E-state index in [-0.39, 0.29) is 18.6 Å². The maximum Gasteiger partial charge on any atom is 0.231 e. The Labute approximate surface area is 75.3 Å². The summed E-state index contributed by atoms with van der Waals surface area (Å²) in [5.74, 6) is 0.207. The molecule has 13 heavy (non-hydrogen) atoms. The molecule has 0 amide bonds. The minimum atomic E-state index is -0.415. The fraction of sp³-hybridized carbons (Fsp3) is 0.333. The first-order valence-electron chi connectivity index (χ1n) is 4.03. The van der Waals surface area contributed by atoms with Crippen molar-refractivity contribution in [1.82, 2.24) is 0 Å². The summed E-state index contributed by atoms with van der Waals surface area (Å²) < 4.78 is 23.2. The molecule has 0 bridgehead atoms. The maximum atomic E-state index is 13.3. The summed E-state index contributed by atoms with van der Waals surface area (Å²) in [6.07, 6.45) is 0. The minimum Gasteiger partial charge on any atom is -0.453 e. The van der Waals surface area contributed by atoms with Crippen LogP contribution in [0.2, 0.25) is 0 Å². The molecule has 4 heteroatoms. The third kappa shape index (κ3) is 1.33. The average molecular weight is 183 g/mol. The van der Waals surface area contributed by atoms with Gasteiger partial charge in [0.05, 0.1) is 0 Å². The van der Waals surface area contributed by atoms with Crippen molar-refractivity contribution in [3.05, 3.63) is 23.5 Å². The van der Waals surface area contributed by atoms with E-state index in [0.717, 1.165) is 0 Å². The molecule has 3 nitrogen and oxygen atoms in total. The highest BCUT2D eigenvalue weighted by atomic mass is 19.1. The van der Waals surface area contributed by atoms with Crippen LogP contribution in [0.1, 0.15) is 18.5 Å². The standard InChI is InChI=1S/C9H10FNO2/c1-5(11)6-2-7(10)9-8(3-6)12-4-13-9/h2-3,5H,4,11H2,1H3. The van der Waals surface area contributed by atoms with Crippen molar-refractivity contribution in [1.29, 1.82) is 0 Å². The van der Waals surface area contributed by atoms with E-state index in [1.807, 2.05) is 0 Å². The number of ether oxygens (including phenoxy) is 2. The van der Waals surface area contributed by atoms with Gasteiger partial charge in [-0.25, -0.2) is 4.39 Å². The normalized spacial score (nSPS) is 15.9. The Kier molecular flexibility index (Phi) is 1.84. The molecule has 1 aromatic rings. The lowest BCUT2D eigenvalue weighted by molar-refractivity contribution is 0.171. The largest absolute Gasteiger partial charge is 0.453 e. The molecule has 2 N–H and O–H groups in total. The van der Waals surface area contributed by atoms with Crippen molar-refractivity contribution in [3.8, 4) is 11.5 Å². The van der Waals surface area contributed by atoms with Gasteiger partial charge in [0.25, 0.3) is 0 Å². The fourth-order valence-electron chi connectivity index (χ4n) is 1.25. The molecule has 1 unspecified atom stereocenters. The lowest BCUT2D eigenvalue weighted by Crippen LogP contribution is -2.05. The van der Waals surface area contributed by atoms with Crippen LogP contribution in [0, 0.1) is 5.82 Å². The zero-order valence-corrected chi connectivity index (χ0v) is 7.21. The number of hydrogen-bond acceptors (Lipinski definition) is 3. The molecule has 70 valence electrons. The number of rotatable bonds is 1. The highest BCUT2D eigenvalue weighted by Gasteiger charge is 2.20. The lowest BCUT2D eigenvalue weighted by Gasteiger charge is -2.06. The van der Waals surface area contributed by atoms with Gasteiger partial charge in [-0.2, -0.15) is 0 Å². The van der Waals surface area contributed by atoms with Crippen LogP contribution < -0.4 is 15.2 Å². The number of halogens is 1. The van der Waals surface area contributed by atoms with Crippen molar-refractivity contribution >= 4 is 0 Å². The van der Waals surface area contributed by atoms with Crippen molar-refractivity contribution in [2.24, 2.45) is 5.73 Å². The molecule has 0 saturated heterocycles. The van der Waals surface area contributed by atoms with E-state index in [4.69, 9.17) is 15.2 Å². The molecule has 1 heterocycles. The van der Waals surface area contributed by atoms with Crippen LogP contribution in [0.25, 0.3) is 0 Å². The average Bonchev–Trinajstić information content (AvgIpc) is 2.51. The van der Waals surface area contributed by atoms with E-state index in [9.17, 15) is 4.39 Å². The molecular weight excluding hydrogens is 173 g/mol. The van der Waals surface area contributed by atoms with E-state index >= 15 is 0 Å². The molecule has 0 aromatic heterocycles. The molecule has 0 radical (unpaired) electrons. The van der Waals surface area contributed by atoms with Crippen LogP contribution in [0.4, 0.5) is 4.39 Å². The van der Waals surface area contributed by atoms with Crippen molar-refractivity contribution in [2.45, 2.75) is 13.0 Å².